The van der Waals surface area contributed by atoms with Crippen molar-refractivity contribution in [2.75, 3.05) is 26.2 Å². The maximum atomic E-state index is 13.1. The lowest BCUT2D eigenvalue weighted by atomic mass is 10.3. The summed E-state index contributed by atoms with van der Waals surface area (Å²) in [6.45, 7) is 4.00. The van der Waals surface area contributed by atoms with Gasteiger partial charge in [0.25, 0.3) is 11.8 Å². The van der Waals surface area contributed by atoms with Gasteiger partial charge in [0, 0.05) is 38.6 Å². The molecule has 8 nitrogen and oxygen atoms in total. The van der Waals surface area contributed by atoms with Crippen LogP contribution in [-0.2, 0) is 0 Å². The van der Waals surface area contributed by atoms with E-state index in [0.29, 0.717) is 48.9 Å². The van der Waals surface area contributed by atoms with E-state index in [-0.39, 0.29) is 11.8 Å². The van der Waals surface area contributed by atoms with Crippen molar-refractivity contribution in [3.05, 3.63) is 54.0 Å². The number of amides is 2. The fraction of sp³-hybridized carbons (Fsp3) is 0.333. The molecule has 0 bridgehead atoms. The van der Waals surface area contributed by atoms with Crippen molar-refractivity contribution in [1.82, 2.24) is 24.2 Å². The van der Waals surface area contributed by atoms with Crippen molar-refractivity contribution in [1.29, 1.82) is 0 Å². The second-order valence-corrected chi connectivity index (χ2v) is 6.29. The van der Waals surface area contributed by atoms with Crippen molar-refractivity contribution in [3.63, 3.8) is 0 Å². The average Bonchev–Trinajstić information content (AvgIpc) is 3.21. The first-order valence-electron chi connectivity index (χ1n) is 8.55. The number of imidazole rings is 1. The van der Waals surface area contributed by atoms with Crippen molar-refractivity contribution in [3.8, 4) is 0 Å². The SMILES string of the molecule is Cc1nc2ncccn2c1C(=O)N1CCCN(C(=O)c2ccoc2)CC1. The third-order valence-corrected chi connectivity index (χ3v) is 4.62. The third kappa shape index (κ3) is 2.83. The van der Waals surface area contributed by atoms with Crippen LogP contribution < -0.4 is 0 Å². The number of furan rings is 1. The Balaban J connectivity index is 1.53. The topological polar surface area (TPSA) is 84.0 Å². The summed E-state index contributed by atoms with van der Waals surface area (Å²) in [5.41, 5.74) is 1.72. The van der Waals surface area contributed by atoms with Crippen LogP contribution in [0.15, 0.2) is 41.5 Å². The van der Waals surface area contributed by atoms with Gasteiger partial charge in [0.1, 0.15) is 12.0 Å². The zero-order chi connectivity index (χ0) is 18.1. The molecule has 1 aliphatic rings. The molecule has 0 aliphatic carbocycles. The van der Waals surface area contributed by atoms with E-state index in [1.807, 2.05) is 6.92 Å². The summed E-state index contributed by atoms with van der Waals surface area (Å²) in [5.74, 6) is 0.365. The summed E-state index contributed by atoms with van der Waals surface area (Å²) in [5, 5.41) is 0. The highest BCUT2D eigenvalue weighted by molar-refractivity contribution is 5.95. The van der Waals surface area contributed by atoms with Crippen LogP contribution >= 0.6 is 0 Å². The molecular weight excluding hydrogens is 334 g/mol. The van der Waals surface area contributed by atoms with Gasteiger partial charge in [0.05, 0.1) is 17.5 Å². The quantitative estimate of drug-likeness (QED) is 0.699. The molecule has 2 amide bonds. The van der Waals surface area contributed by atoms with Gasteiger partial charge in [-0.1, -0.05) is 0 Å². The molecule has 0 aromatic carbocycles. The molecule has 3 aromatic heterocycles. The van der Waals surface area contributed by atoms with Crippen molar-refractivity contribution >= 4 is 17.6 Å². The minimum atomic E-state index is -0.0828. The molecule has 26 heavy (non-hydrogen) atoms. The van der Waals surface area contributed by atoms with Crippen LogP contribution in [0.3, 0.4) is 0 Å². The van der Waals surface area contributed by atoms with Crippen molar-refractivity contribution < 1.29 is 14.0 Å². The van der Waals surface area contributed by atoms with Crippen molar-refractivity contribution in [2.45, 2.75) is 13.3 Å². The maximum Gasteiger partial charge on any atom is 0.272 e. The Morgan fingerprint density at radius 3 is 2.62 bits per heavy atom. The summed E-state index contributed by atoms with van der Waals surface area (Å²) in [6, 6.07) is 3.43. The smallest absolute Gasteiger partial charge is 0.272 e. The van der Waals surface area contributed by atoms with Crippen LogP contribution in [-0.4, -0.2) is 62.2 Å². The first-order valence-corrected chi connectivity index (χ1v) is 8.55. The number of fused-ring (bicyclic) bond motifs is 1. The molecule has 1 aliphatic heterocycles. The molecule has 0 saturated carbocycles. The Kier molecular flexibility index (Phi) is 4.16. The second-order valence-electron chi connectivity index (χ2n) is 6.29. The number of carbonyl (C=O) groups excluding carboxylic acids is 2. The molecule has 3 aromatic rings. The minimum absolute atomic E-state index is 0.0665. The molecule has 0 spiro atoms. The van der Waals surface area contributed by atoms with Gasteiger partial charge in [-0.15, -0.1) is 0 Å². The van der Waals surface area contributed by atoms with E-state index >= 15 is 0 Å². The number of aromatic nitrogens is 3. The lowest BCUT2D eigenvalue weighted by Crippen LogP contribution is -2.37. The molecule has 4 heterocycles. The summed E-state index contributed by atoms with van der Waals surface area (Å²) >= 11 is 0. The van der Waals surface area contributed by atoms with Crippen LogP contribution in [0, 0.1) is 6.92 Å². The number of hydrogen-bond donors (Lipinski definition) is 0. The highest BCUT2D eigenvalue weighted by atomic mass is 16.3. The predicted molar refractivity (Wildman–Crippen MR) is 92.9 cm³/mol. The van der Waals surface area contributed by atoms with Crippen LogP contribution in [0.25, 0.3) is 5.78 Å². The van der Waals surface area contributed by atoms with Crippen LogP contribution in [0.2, 0.25) is 0 Å². The van der Waals surface area contributed by atoms with Crippen LogP contribution in [0.5, 0.6) is 0 Å². The number of aryl methyl sites for hydroxylation is 1. The first kappa shape index (κ1) is 16.3. The van der Waals surface area contributed by atoms with Gasteiger partial charge in [-0.3, -0.25) is 14.0 Å². The number of carbonyl (C=O) groups is 2. The highest BCUT2D eigenvalue weighted by Gasteiger charge is 2.27. The Morgan fingerprint density at radius 1 is 1.12 bits per heavy atom. The van der Waals surface area contributed by atoms with Gasteiger partial charge < -0.3 is 14.2 Å². The molecule has 0 N–H and O–H groups in total. The molecule has 8 heteroatoms. The predicted octanol–water partition coefficient (Wildman–Crippen LogP) is 1.62. The van der Waals surface area contributed by atoms with Crippen molar-refractivity contribution in [2.24, 2.45) is 0 Å². The van der Waals surface area contributed by atoms with E-state index in [4.69, 9.17) is 4.42 Å². The summed E-state index contributed by atoms with van der Waals surface area (Å²) < 4.78 is 6.71. The van der Waals surface area contributed by atoms with Gasteiger partial charge in [-0.2, -0.15) is 0 Å². The normalized spacial score (nSPS) is 15.3. The fourth-order valence-electron chi connectivity index (χ4n) is 3.30. The molecule has 1 saturated heterocycles. The van der Waals surface area contributed by atoms with Gasteiger partial charge >= 0.3 is 0 Å². The second kappa shape index (κ2) is 6.62. The maximum absolute atomic E-state index is 13.1. The number of nitrogens with zero attached hydrogens (tertiary/aromatic N) is 5. The number of rotatable bonds is 2. The minimum Gasteiger partial charge on any atom is -0.472 e. The summed E-state index contributed by atoms with van der Waals surface area (Å²) in [6.07, 6.45) is 7.11. The average molecular weight is 353 g/mol. The Bertz CT molecular complexity index is 947. The van der Waals surface area contributed by atoms with Gasteiger partial charge in [0.15, 0.2) is 0 Å². The number of hydrogen-bond acceptors (Lipinski definition) is 5. The fourth-order valence-corrected chi connectivity index (χ4v) is 3.30. The molecule has 0 atom stereocenters. The van der Waals surface area contributed by atoms with Gasteiger partial charge in [0.2, 0.25) is 5.78 Å². The molecule has 4 rings (SSSR count). The van der Waals surface area contributed by atoms with E-state index < -0.39 is 0 Å². The molecule has 1 fully saturated rings. The zero-order valence-corrected chi connectivity index (χ0v) is 14.5. The monoisotopic (exact) mass is 353 g/mol. The molecule has 0 unspecified atom stereocenters. The lowest BCUT2D eigenvalue weighted by molar-refractivity contribution is 0.0714. The molecular formula is C18H19N5O3. The summed E-state index contributed by atoms with van der Waals surface area (Å²) in [7, 11) is 0. The van der Waals surface area contributed by atoms with Gasteiger partial charge in [-0.25, -0.2) is 9.97 Å². The Labute approximate surface area is 150 Å². The molecule has 0 radical (unpaired) electrons. The highest BCUT2D eigenvalue weighted by Crippen LogP contribution is 2.16. The van der Waals surface area contributed by atoms with E-state index in [1.165, 1.54) is 12.5 Å². The van der Waals surface area contributed by atoms with E-state index in [9.17, 15) is 9.59 Å². The molecule has 134 valence electrons. The zero-order valence-electron chi connectivity index (χ0n) is 14.5. The Morgan fingerprint density at radius 2 is 1.88 bits per heavy atom. The van der Waals surface area contributed by atoms with E-state index in [2.05, 4.69) is 9.97 Å². The standard InChI is InChI=1S/C18H19N5O3/c1-13-15(23-8-2-5-19-18(23)20-13)17(25)22-7-3-6-21(9-10-22)16(24)14-4-11-26-12-14/h2,4-5,8,11-12H,3,6-7,9-10H2,1H3. The summed E-state index contributed by atoms with van der Waals surface area (Å²) in [4.78, 5) is 37.7. The van der Waals surface area contributed by atoms with E-state index in [1.54, 1.807) is 38.7 Å². The largest absolute Gasteiger partial charge is 0.472 e. The van der Waals surface area contributed by atoms with Gasteiger partial charge in [-0.05, 0) is 25.5 Å². The van der Waals surface area contributed by atoms with Crippen LogP contribution in [0.4, 0.5) is 0 Å². The van der Waals surface area contributed by atoms with E-state index in [0.717, 1.165) is 6.42 Å². The first-order chi connectivity index (χ1) is 12.6. The lowest BCUT2D eigenvalue weighted by Gasteiger charge is -2.22. The third-order valence-electron chi connectivity index (χ3n) is 4.62. The Hall–Kier alpha value is -3.16. The van der Waals surface area contributed by atoms with Crippen LogP contribution in [0.1, 0.15) is 33.0 Å².